The van der Waals surface area contributed by atoms with Gasteiger partial charge in [-0.15, -0.1) is 0 Å². The number of thiazole rings is 1. The van der Waals surface area contributed by atoms with Crippen LogP contribution in [0, 0.1) is 6.92 Å². The molecule has 32 heavy (non-hydrogen) atoms. The van der Waals surface area contributed by atoms with E-state index in [1.807, 2.05) is 25.1 Å². The minimum atomic E-state index is -3.56. The Bertz CT molecular complexity index is 1410. The number of aryl methyl sites for hydroxylation is 1. The van der Waals surface area contributed by atoms with Gasteiger partial charge in [0.05, 0.1) is 33.2 Å². The number of para-hydroxylation sites is 1. The molecule has 0 spiro atoms. The Morgan fingerprint density at radius 1 is 1.16 bits per heavy atom. The lowest BCUT2D eigenvalue weighted by Crippen LogP contribution is -2.19. The van der Waals surface area contributed by atoms with E-state index in [0.717, 1.165) is 10.2 Å². The third-order valence-corrected chi connectivity index (χ3v) is 7.55. The zero-order valence-electron chi connectivity index (χ0n) is 17.8. The van der Waals surface area contributed by atoms with Gasteiger partial charge in [0.1, 0.15) is 17.1 Å². The van der Waals surface area contributed by atoms with Gasteiger partial charge < -0.3 is 10.1 Å². The molecule has 8 nitrogen and oxygen atoms in total. The van der Waals surface area contributed by atoms with Crippen molar-refractivity contribution in [1.29, 1.82) is 0 Å². The fourth-order valence-electron chi connectivity index (χ4n) is 3.27. The summed E-state index contributed by atoms with van der Waals surface area (Å²) in [6.45, 7) is 5.79. The maximum absolute atomic E-state index is 13.0. The van der Waals surface area contributed by atoms with Gasteiger partial charge in [0.25, 0.3) is 5.91 Å². The quantitative estimate of drug-likeness (QED) is 0.433. The molecule has 0 atom stereocenters. The molecule has 1 N–H and O–H groups in total. The summed E-state index contributed by atoms with van der Waals surface area (Å²) in [6.07, 6.45) is 0. The number of nitrogens with zero attached hydrogens (tertiary/aromatic N) is 3. The number of nitrogens with one attached hydrogen (secondary N) is 1. The van der Waals surface area contributed by atoms with Crippen molar-refractivity contribution >= 4 is 43.1 Å². The molecule has 0 saturated heterocycles. The average molecular weight is 471 g/mol. The largest absolute Gasteiger partial charge is 0.492 e. The van der Waals surface area contributed by atoms with Crippen molar-refractivity contribution in [3.05, 3.63) is 59.8 Å². The van der Waals surface area contributed by atoms with Crippen molar-refractivity contribution in [2.75, 3.05) is 17.7 Å². The van der Waals surface area contributed by atoms with Gasteiger partial charge in [-0.05, 0) is 38.1 Å². The second-order valence-electron chi connectivity index (χ2n) is 6.97. The van der Waals surface area contributed by atoms with Crippen LogP contribution in [0.25, 0.3) is 15.3 Å². The molecule has 166 valence electrons. The van der Waals surface area contributed by atoms with Crippen LogP contribution in [0.1, 0.15) is 29.9 Å². The van der Waals surface area contributed by atoms with Crippen molar-refractivity contribution in [1.82, 2.24) is 14.8 Å². The van der Waals surface area contributed by atoms with Crippen LogP contribution in [0.3, 0.4) is 0 Å². The molecule has 2 aromatic carbocycles. The van der Waals surface area contributed by atoms with Crippen molar-refractivity contribution in [3.63, 3.8) is 0 Å². The molecular formula is C22H22N4O4S2. The number of rotatable bonds is 7. The summed E-state index contributed by atoms with van der Waals surface area (Å²) in [6, 6.07) is 13.6. The Morgan fingerprint density at radius 3 is 2.69 bits per heavy atom. The van der Waals surface area contributed by atoms with E-state index in [9.17, 15) is 13.2 Å². The number of aromatic nitrogens is 3. The van der Waals surface area contributed by atoms with Gasteiger partial charge in [-0.25, -0.2) is 13.4 Å². The van der Waals surface area contributed by atoms with E-state index in [1.165, 1.54) is 23.5 Å². The Labute approximate surface area is 189 Å². The van der Waals surface area contributed by atoms with Gasteiger partial charge in [-0.2, -0.15) is 9.78 Å². The maximum atomic E-state index is 13.0. The van der Waals surface area contributed by atoms with E-state index in [-0.39, 0.29) is 16.2 Å². The van der Waals surface area contributed by atoms with Crippen LogP contribution in [-0.2, 0) is 9.84 Å². The number of amides is 1. The standard InChI is InChI=1S/C22H22N4O4S2/c1-4-30-16-10-8-11-17-20(16)24-22(31-17)26-19(13-14(3)25-26)23-21(27)15-9-6-7-12-18(15)32(28,29)5-2/h6-13H,4-5H2,1-3H3,(H,23,27). The fraction of sp³-hybridized carbons (Fsp3) is 0.227. The molecule has 2 aromatic heterocycles. The summed E-state index contributed by atoms with van der Waals surface area (Å²) in [7, 11) is -3.56. The lowest BCUT2D eigenvalue weighted by molar-refractivity contribution is 0.102. The number of anilines is 1. The summed E-state index contributed by atoms with van der Waals surface area (Å²) in [5, 5.41) is 7.84. The molecule has 0 unspecified atom stereocenters. The lowest BCUT2D eigenvalue weighted by atomic mass is 10.2. The molecule has 0 fully saturated rings. The van der Waals surface area contributed by atoms with Crippen LogP contribution >= 0.6 is 11.3 Å². The van der Waals surface area contributed by atoms with Gasteiger partial charge in [0.2, 0.25) is 5.13 Å². The van der Waals surface area contributed by atoms with E-state index in [4.69, 9.17) is 4.74 Å². The van der Waals surface area contributed by atoms with E-state index in [2.05, 4.69) is 15.4 Å². The van der Waals surface area contributed by atoms with Crippen molar-refractivity contribution in [2.24, 2.45) is 0 Å². The molecule has 2 heterocycles. The van der Waals surface area contributed by atoms with Crippen LogP contribution in [-0.4, -0.2) is 41.4 Å². The third kappa shape index (κ3) is 4.11. The Kier molecular flexibility index (Phi) is 5.98. The predicted molar refractivity (Wildman–Crippen MR) is 125 cm³/mol. The highest BCUT2D eigenvalue weighted by atomic mass is 32.2. The molecule has 0 aliphatic rings. The first-order valence-electron chi connectivity index (χ1n) is 10.1. The summed E-state index contributed by atoms with van der Waals surface area (Å²) in [5.41, 5.74) is 1.49. The second-order valence-corrected chi connectivity index (χ2v) is 10.2. The van der Waals surface area contributed by atoms with E-state index in [0.29, 0.717) is 29.0 Å². The van der Waals surface area contributed by atoms with Gasteiger partial charge >= 0.3 is 0 Å². The number of hydrogen-bond donors (Lipinski definition) is 1. The maximum Gasteiger partial charge on any atom is 0.258 e. The minimum absolute atomic E-state index is 0.00382. The summed E-state index contributed by atoms with van der Waals surface area (Å²) < 4.78 is 33.0. The summed E-state index contributed by atoms with van der Waals surface area (Å²) in [4.78, 5) is 17.7. The second kappa shape index (κ2) is 8.71. The van der Waals surface area contributed by atoms with Crippen LogP contribution in [0.4, 0.5) is 5.82 Å². The predicted octanol–water partition coefficient (Wildman–Crippen LogP) is 4.24. The lowest BCUT2D eigenvalue weighted by Gasteiger charge is -2.10. The van der Waals surface area contributed by atoms with Gasteiger partial charge in [-0.3, -0.25) is 4.79 Å². The smallest absolute Gasteiger partial charge is 0.258 e. The van der Waals surface area contributed by atoms with E-state index >= 15 is 0 Å². The SMILES string of the molecule is CCOc1cccc2sc(-n3nc(C)cc3NC(=O)c3ccccc3S(=O)(=O)CC)nc12. The number of carbonyl (C=O) groups excluding carboxylic acids is 1. The molecule has 1 amide bonds. The van der Waals surface area contributed by atoms with Gasteiger partial charge in [0, 0.05) is 6.07 Å². The first kappa shape index (κ1) is 22.0. The average Bonchev–Trinajstić information content (AvgIpc) is 3.37. The van der Waals surface area contributed by atoms with Crippen molar-refractivity contribution in [3.8, 4) is 10.9 Å². The van der Waals surface area contributed by atoms with E-state index < -0.39 is 15.7 Å². The number of ether oxygens (including phenoxy) is 1. The molecule has 0 radical (unpaired) electrons. The van der Waals surface area contributed by atoms with Crippen LogP contribution in [0.2, 0.25) is 0 Å². The molecule has 4 aromatic rings. The first-order valence-corrected chi connectivity index (χ1v) is 12.5. The molecule has 0 aliphatic carbocycles. The topological polar surface area (TPSA) is 103 Å². The molecule has 0 bridgehead atoms. The zero-order chi connectivity index (χ0) is 22.9. The van der Waals surface area contributed by atoms with E-state index in [1.54, 1.807) is 36.7 Å². The minimum Gasteiger partial charge on any atom is -0.492 e. The van der Waals surface area contributed by atoms with Gasteiger partial charge in [0.15, 0.2) is 9.84 Å². The number of sulfone groups is 1. The number of hydrogen-bond acceptors (Lipinski definition) is 7. The van der Waals surface area contributed by atoms with Crippen LogP contribution in [0.5, 0.6) is 5.75 Å². The molecule has 0 aliphatic heterocycles. The first-order chi connectivity index (χ1) is 15.3. The fourth-order valence-corrected chi connectivity index (χ4v) is 5.31. The third-order valence-electron chi connectivity index (χ3n) is 4.77. The summed E-state index contributed by atoms with van der Waals surface area (Å²) >= 11 is 1.41. The van der Waals surface area contributed by atoms with Gasteiger partial charge in [-0.1, -0.05) is 36.5 Å². The highest BCUT2D eigenvalue weighted by Gasteiger charge is 2.22. The normalized spacial score (nSPS) is 11.6. The monoisotopic (exact) mass is 470 g/mol. The molecule has 4 rings (SSSR count). The molecular weight excluding hydrogens is 448 g/mol. The van der Waals surface area contributed by atoms with Crippen LogP contribution < -0.4 is 10.1 Å². The van der Waals surface area contributed by atoms with Crippen LogP contribution in [0.15, 0.2) is 53.4 Å². The number of benzene rings is 2. The number of fused-ring (bicyclic) bond motifs is 1. The highest BCUT2D eigenvalue weighted by molar-refractivity contribution is 7.91. The molecule has 0 saturated carbocycles. The summed E-state index contributed by atoms with van der Waals surface area (Å²) in [5.74, 6) is 0.450. The van der Waals surface area contributed by atoms with Crippen molar-refractivity contribution < 1.29 is 17.9 Å². The van der Waals surface area contributed by atoms with Crippen molar-refractivity contribution in [2.45, 2.75) is 25.7 Å². The Hall–Kier alpha value is -3.24. The Morgan fingerprint density at radius 2 is 1.94 bits per heavy atom. The highest BCUT2D eigenvalue weighted by Crippen LogP contribution is 2.33. The Balaban J connectivity index is 1.73. The molecule has 10 heteroatoms. The number of carbonyl (C=O) groups is 1. The zero-order valence-corrected chi connectivity index (χ0v) is 19.5.